The van der Waals surface area contributed by atoms with Crippen LogP contribution in [0.4, 0.5) is 5.69 Å². The van der Waals surface area contributed by atoms with Crippen molar-refractivity contribution >= 4 is 16.7 Å². The first kappa shape index (κ1) is 21.7. The van der Waals surface area contributed by atoms with Gasteiger partial charge >= 0.3 is 0 Å². The van der Waals surface area contributed by atoms with Crippen LogP contribution >= 0.6 is 0 Å². The highest BCUT2D eigenvalue weighted by Crippen LogP contribution is 2.41. The average Bonchev–Trinajstić information content (AvgIpc) is 3.10. The van der Waals surface area contributed by atoms with Crippen molar-refractivity contribution in [2.75, 3.05) is 38.1 Å². The van der Waals surface area contributed by atoms with Gasteiger partial charge in [-0.3, -0.25) is 0 Å². The monoisotopic (exact) mass is 420 g/mol. The van der Waals surface area contributed by atoms with Gasteiger partial charge < -0.3 is 19.9 Å². The molecule has 2 aromatic carbocycles. The molecule has 0 atom stereocenters. The number of rotatable bonds is 2. The SMILES string of the molecule is CN1CCN(c2ccc3nc(-c4cc(C(C)(C)C)cc(C(C)(C)C)c4O)[nH]c3c2)CC1. The minimum Gasteiger partial charge on any atom is -0.507 e. The lowest BCUT2D eigenvalue weighted by atomic mass is 9.79. The van der Waals surface area contributed by atoms with E-state index in [-0.39, 0.29) is 10.8 Å². The van der Waals surface area contributed by atoms with E-state index in [4.69, 9.17) is 4.98 Å². The highest BCUT2D eigenvalue weighted by Gasteiger charge is 2.26. The van der Waals surface area contributed by atoms with Crippen LogP contribution in [0.1, 0.15) is 52.7 Å². The molecule has 0 aliphatic carbocycles. The number of anilines is 1. The van der Waals surface area contributed by atoms with Crippen LogP contribution in [0, 0.1) is 0 Å². The zero-order valence-electron chi connectivity index (χ0n) is 20.0. The third kappa shape index (κ3) is 4.29. The van der Waals surface area contributed by atoms with Gasteiger partial charge in [-0.2, -0.15) is 0 Å². The summed E-state index contributed by atoms with van der Waals surface area (Å²) in [4.78, 5) is 13.1. The number of nitrogens with one attached hydrogen (secondary N) is 1. The molecule has 166 valence electrons. The Kier molecular flexibility index (Phi) is 5.29. The first-order chi connectivity index (χ1) is 14.4. The molecule has 31 heavy (non-hydrogen) atoms. The zero-order chi connectivity index (χ0) is 22.6. The predicted octanol–water partition coefficient (Wildman–Crippen LogP) is 5.28. The molecule has 3 aromatic rings. The number of benzene rings is 2. The molecular formula is C26H36N4O. The van der Waals surface area contributed by atoms with E-state index >= 15 is 0 Å². The van der Waals surface area contributed by atoms with Gasteiger partial charge in [0, 0.05) is 37.4 Å². The molecule has 0 amide bonds. The summed E-state index contributed by atoms with van der Waals surface area (Å²) in [5.41, 5.74) is 5.88. The van der Waals surface area contributed by atoms with E-state index < -0.39 is 0 Å². The highest BCUT2D eigenvalue weighted by atomic mass is 16.3. The van der Waals surface area contributed by atoms with Crippen LogP contribution in [0.25, 0.3) is 22.4 Å². The van der Waals surface area contributed by atoms with Gasteiger partial charge in [-0.05, 0) is 47.7 Å². The Balaban J connectivity index is 1.79. The maximum absolute atomic E-state index is 11.2. The molecule has 2 heterocycles. The number of hydrogen-bond donors (Lipinski definition) is 2. The number of piperazine rings is 1. The average molecular weight is 421 g/mol. The number of aromatic hydroxyl groups is 1. The van der Waals surface area contributed by atoms with E-state index in [0.29, 0.717) is 5.75 Å². The van der Waals surface area contributed by atoms with Crippen LogP contribution in [-0.2, 0) is 10.8 Å². The van der Waals surface area contributed by atoms with Crippen LogP contribution in [0.5, 0.6) is 5.75 Å². The second-order valence-corrected chi connectivity index (χ2v) is 11.0. The number of aromatic nitrogens is 2. The number of nitrogens with zero attached hydrogens (tertiary/aromatic N) is 3. The Labute approximate surface area is 186 Å². The molecule has 1 saturated heterocycles. The molecule has 0 bridgehead atoms. The minimum atomic E-state index is -0.166. The van der Waals surface area contributed by atoms with Gasteiger partial charge in [0.1, 0.15) is 11.6 Å². The minimum absolute atomic E-state index is 0.0247. The second-order valence-electron chi connectivity index (χ2n) is 11.0. The summed E-state index contributed by atoms with van der Waals surface area (Å²) in [5, 5.41) is 11.2. The van der Waals surface area contributed by atoms with Crippen molar-refractivity contribution in [3.8, 4) is 17.1 Å². The number of phenols is 1. The number of hydrogen-bond acceptors (Lipinski definition) is 4. The van der Waals surface area contributed by atoms with E-state index in [1.807, 2.05) is 0 Å². The zero-order valence-corrected chi connectivity index (χ0v) is 20.0. The van der Waals surface area contributed by atoms with Gasteiger partial charge in [-0.25, -0.2) is 4.98 Å². The second kappa shape index (κ2) is 7.56. The predicted molar refractivity (Wildman–Crippen MR) is 130 cm³/mol. The Morgan fingerprint density at radius 1 is 0.903 bits per heavy atom. The number of H-pyrrole nitrogens is 1. The van der Waals surface area contributed by atoms with Crippen LogP contribution in [0.2, 0.25) is 0 Å². The lowest BCUT2D eigenvalue weighted by Gasteiger charge is -2.34. The number of phenolic OH excluding ortho intramolecular Hbond substituents is 1. The molecule has 0 radical (unpaired) electrons. The van der Waals surface area contributed by atoms with Crippen molar-refractivity contribution in [2.45, 2.75) is 52.4 Å². The molecule has 5 heteroatoms. The van der Waals surface area contributed by atoms with Gasteiger partial charge in [0.05, 0.1) is 16.6 Å². The van der Waals surface area contributed by atoms with E-state index in [2.05, 4.69) is 93.7 Å². The first-order valence-electron chi connectivity index (χ1n) is 11.2. The smallest absolute Gasteiger partial charge is 0.142 e. The Bertz CT molecular complexity index is 1090. The largest absolute Gasteiger partial charge is 0.507 e. The van der Waals surface area contributed by atoms with Crippen LogP contribution in [0.3, 0.4) is 0 Å². The van der Waals surface area contributed by atoms with Gasteiger partial charge in [0.25, 0.3) is 0 Å². The Morgan fingerprint density at radius 2 is 1.58 bits per heavy atom. The summed E-state index contributed by atoms with van der Waals surface area (Å²) in [6, 6.07) is 10.7. The summed E-state index contributed by atoms with van der Waals surface area (Å²) in [7, 11) is 2.17. The van der Waals surface area contributed by atoms with Crippen molar-refractivity contribution in [2.24, 2.45) is 0 Å². The van der Waals surface area contributed by atoms with Crippen LogP contribution in [0.15, 0.2) is 30.3 Å². The van der Waals surface area contributed by atoms with Crippen molar-refractivity contribution in [1.29, 1.82) is 0 Å². The molecule has 1 aliphatic heterocycles. The van der Waals surface area contributed by atoms with Crippen molar-refractivity contribution in [1.82, 2.24) is 14.9 Å². The maximum Gasteiger partial charge on any atom is 0.142 e. The fraction of sp³-hybridized carbons (Fsp3) is 0.500. The summed E-state index contributed by atoms with van der Waals surface area (Å²) in [5.74, 6) is 1.04. The lowest BCUT2D eigenvalue weighted by Crippen LogP contribution is -2.44. The summed E-state index contributed by atoms with van der Waals surface area (Å²) in [6.07, 6.45) is 0. The number of fused-ring (bicyclic) bond motifs is 1. The molecule has 4 rings (SSSR count). The van der Waals surface area contributed by atoms with Gasteiger partial charge in [0.15, 0.2) is 0 Å². The Hall–Kier alpha value is -2.53. The Morgan fingerprint density at radius 3 is 2.19 bits per heavy atom. The van der Waals surface area contributed by atoms with E-state index in [0.717, 1.165) is 54.2 Å². The highest BCUT2D eigenvalue weighted by molar-refractivity contribution is 5.84. The number of likely N-dealkylation sites (N-methyl/N-ethyl adjacent to an activating group) is 1. The third-order valence-corrected chi connectivity index (χ3v) is 6.37. The summed E-state index contributed by atoms with van der Waals surface area (Å²) < 4.78 is 0. The van der Waals surface area contributed by atoms with E-state index in [1.54, 1.807) is 0 Å². The molecule has 1 aromatic heterocycles. The molecular weight excluding hydrogens is 384 g/mol. The molecule has 1 aliphatic rings. The molecule has 1 fully saturated rings. The van der Waals surface area contributed by atoms with Crippen molar-refractivity contribution in [3.05, 3.63) is 41.5 Å². The number of imidazole rings is 1. The molecule has 5 nitrogen and oxygen atoms in total. The summed E-state index contributed by atoms with van der Waals surface area (Å²) >= 11 is 0. The van der Waals surface area contributed by atoms with E-state index in [9.17, 15) is 5.11 Å². The fourth-order valence-electron chi connectivity index (χ4n) is 4.21. The fourth-order valence-corrected chi connectivity index (χ4v) is 4.21. The maximum atomic E-state index is 11.2. The van der Waals surface area contributed by atoms with Crippen LogP contribution in [-0.4, -0.2) is 53.2 Å². The van der Waals surface area contributed by atoms with Gasteiger partial charge in [0.2, 0.25) is 0 Å². The van der Waals surface area contributed by atoms with Gasteiger partial charge in [-0.15, -0.1) is 0 Å². The molecule has 0 saturated carbocycles. The summed E-state index contributed by atoms with van der Waals surface area (Å²) in [6.45, 7) is 17.3. The van der Waals surface area contributed by atoms with E-state index in [1.165, 1.54) is 11.3 Å². The van der Waals surface area contributed by atoms with Crippen molar-refractivity contribution < 1.29 is 5.11 Å². The molecule has 2 N–H and O–H groups in total. The topological polar surface area (TPSA) is 55.4 Å². The third-order valence-electron chi connectivity index (χ3n) is 6.37. The standard InChI is InChI=1S/C26H36N4O/c1-25(2,3)17-14-19(23(31)20(15-17)26(4,5)6)24-27-21-9-8-18(16-22(21)28-24)30-12-10-29(7)11-13-30/h8-9,14-16,31H,10-13H2,1-7H3,(H,27,28). The first-order valence-corrected chi connectivity index (χ1v) is 11.2. The van der Waals surface area contributed by atoms with Crippen LogP contribution < -0.4 is 4.90 Å². The normalized spacial score (nSPS) is 16.3. The van der Waals surface area contributed by atoms with Crippen molar-refractivity contribution in [3.63, 3.8) is 0 Å². The molecule has 0 unspecified atom stereocenters. The number of aromatic amines is 1. The lowest BCUT2D eigenvalue weighted by molar-refractivity contribution is 0.313. The quantitative estimate of drug-likeness (QED) is 0.592. The van der Waals surface area contributed by atoms with Gasteiger partial charge in [-0.1, -0.05) is 47.6 Å². The molecule has 0 spiro atoms.